The molecule has 3 aromatic rings. The highest BCUT2D eigenvalue weighted by Gasteiger charge is 2.12. The number of nitro benzene ring substituents is 1. The predicted molar refractivity (Wildman–Crippen MR) is 115 cm³/mol. The zero-order valence-electron chi connectivity index (χ0n) is 16.5. The summed E-state index contributed by atoms with van der Waals surface area (Å²) in [5, 5.41) is 14.7. The maximum absolute atomic E-state index is 11.3. The predicted octanol–water partition coefficient (Wildman–Crippen LogP) is 6.32. The molecule has 28 heavy (non-hydrogen) atoms. The Morgan fingerprint density at radius 3 is 2.04 bits per heavy atom. The number of anilines is 2. The molecule has 0 atom stereocenters. The van der Waals surface area contributed by atoms with Crippen molar-refractivity contribution in [2.45, 2.75) is 27.7 Å². The molecule has 0 amide bonds. The van der Waals surface area contributed by atoms with E-state index in [4.69, 9.17) is 0 Å². The van der Waals surface area contributed by atoms with Gasteiger partial charge in [0.2, 0.25) is 0 Å². The van der Waals surface area contributed by atoms with Crippen LogP contribution in [0.15, 0.2) is 59.6 Å². The van der Waals surface area contributed by atoms with Crippen molar-refractivity contribution in [3.8, 4) is 0 Å². The number of hydrogen-bond donors (Lipinski definition) is 1. The third kappa shape index (κ3) is 4.09. The third-order valence-corrected chi connectivity index (χ3v) is 4.76. The van der Waals surface area contributed by atoms with Crippen molar-refractivity contribution in [2.75, 3.05) is 5.32 Å². The van der Waals surface area contributed by atoms with Gasteiger partial charge in [-0.25, -0.2) is 0 Å². The van der Waals surface area contributed by atoms with Gasteiger partial charge in [0.25, 0.3) is 5.69 Å². The summed E-state index contributed by atoms with van der Waals surface area (Å²) in [6.45, 7) is 8.07. The maximum Gasteiger partial charge on any atom is 0.270 e. The minimum Gasteiger partial charge on any atom is -0.355 e. The molecule has 0 spiro atoms. The first-order valence-corrected chi connectivity index (χ1v) is 9.09. The molecule has 1 N–H and O–H groups in total. The molecule has 0 heterocycles. The van der Waals surface area contributed by atoms with Gasteiger partial charge < -0.3 is 5.32 Å². The van der Waals surface area contributed by atoms with E-state index in [1.54, 1.807) is 18.3 Å². The normalized spacial score (nSPS) is 11.0. The van der Waals surface area contributed by atoms with E-state index in [9.17, 15) is 10.1 Å². The van der Waals surface area contributed by atoms with Crippen LogP contribution in [0.4, 0.5) is 22.7 Å². The highest BCUT2D eigenvalue weighted by molar-refractivity contribution is 5.92. The molecule has 5 nitrogen and oxygen atoms in total. The summed E-state index contributed by atoms with van der Waals surface area (Å²) in [4.78, 5) is 15.5. The van der Waals surface area contributed by atoms with Crippen LogP contribution in [-0.2, 0) is 0 Å². The Balaban J connectivity index is 2.06. The van der Waals surface area contributed by atoms with Crippen LogP contribution >= 0.6 is 0 Å². The fourth-order valence-electron chi connectivity index (χ4n) is 3.17. The molecule has 0 radical (unpaired) electrons. The first kappa shape index (κ1) is 19.3. The van der Waals surface area contributed by atoms with E-state index < -0.39 is 0 Å². The smallest absolute Gasteiger partial charge is 0.270 e. The molecule has 0 aliphatic carbocycles. The Labute approximate surface area is 164 Å². The van der Waals surface area contributed by atoms with Gasteiger partial charge in [0.15, 0.2) is 0 Å². The van der Waals surface area contributed by atoms with Gasteiger partial charge in [0.05, 0.1) is 10.6 Å². The molecule has 0 saturated carbocycles. The molecule has 0 saturated heterocycles. The van der Waals surface area contributed by atoms with Crippen LogP contribution in [0.1, 0.15) is 27.8 Å². The Morgan fingerprint density at radius 2 is 1.46 bits per heavy atom. The van der Waals surface area contributed by atoms with Crippen molar-refractivity contribution in [1.29, 1.82) is 0 Å². The van der Waals surface area contributed by atoms with E-state index in [1.165, 1.54) is 6.07 Å². The van der Waals surface area contributed by atoms with Crippen LogP contribution in [-0.4, -0.2) is 11.1 Å². The standard InChI is InChI=1S/C23H23N3O2/c1-15-7-5-8-16(2)22(15)24-14-19-13-20(26(27)28)11-12-21(19)25-23-17(3)9-6-10-18(23)4/h5-14,25H,1-4H3. The lowest BCUT2D eigenvalue weighted by Gasteiger charge is -2.14. The van der Waals surface area contributed by atoms with Gasteiger partial charge in [0.1, 0.15) is 0 Å². The summed E-state index contributed by atoms with van der Waals surface area (Å²) in [6, 6.07) is 16.9. The van der Waals surface area contributed by atoms with Gasteiger partial charge in [-0.1, -0.05) is 36.4 Å². The van der Waals surface area contributed by atoms with Gasteiger partial charge >= 0.3 is 0 Å². The Bertz CT molecular complexity index is 1030. The second-order valence-corrected chi connectivity index (χ2v) is 6.92. The van der Waals surface area contributed by atoms with E-state index >= 15 is 0 Å². The third-order valence-electron chi connectivity index (χ3n) is 4.76. The van der Waals surface area contributed by atoms with Crippen LogP contribution < -0.4 is 5.32 Å². The molecule has 0 unspecified atom stereocenters. The number of para-hydroxylation sites is 2. The quantitative estimate of drug-likeness (QED) is 0.323. The molecule has 3 rings (SSSR count). The van der Waals surface area contributed by atoms with Crippen molar-refractivity contribution in [1.82, 2.24) is 0 Å². The van der Waals surface area contributed by atoms with Gasteiger partial charge in [-0.2, -0.15) is 0 Å². The zero-order valence-corrected chi connectivity index (χ0v) is 16.5. The molecule has 0 fully saturated rings. The minimum absolute atomic E-state index is 0.0370. The SMILES string of the molecule is Cc1cccc(C)c1N=Cc1cc([N+](=O)[O-])ccc1Nc1c(C)cccc1C. The van der Waals surface area contributed by atoms with Gasteiger partial charge in [-0.15, -0.1) is 0 Å². The second-order valence-electron chi connectivity index (χ2n) is 6.92. The topological polar surface area (TPSA) is 67.5 Å². The molecule has 5 heteroatoms. The van der Waals surface area contributed by atoms with Crippen LogP contribution in [0.3, 0.4) is 0 Å². The van der Waals surface area contributed by atoms with Crippen molar-refractivity contribution >= 4 is 29.0 Å². The average molecular weight is 373 g/mol. The first-order valence-electron chi connectivity index (χ1n) is 9.09. The number of nitrogens with one attached hydrogen (secondary N) is 1. The van der Waals surface area contributed by atoms with Crippen LogP contribution in [0.25, 0.3) is 0 Å². The van der Waals surface area contributed by atoms with E-state index in [1.807, 2.05) is 64.1 Å². The summed E-state index contributed by atoms with van der Waals surface area (Å²) in [5.41, 5.74) is 7.70. The molecule has 0 bridgehead atoms. The molecule has 0 aromatic heterocycles. The van der Waals surface area contributed by atoms with Gasteiger partial charge in [0, 0.05) is 35.3 Å². The number of non-ortho nitro benzene ring substituents is 1. The molecule has 142 valence electrons. The highest BCUT2D eigenvalue weighted by atomic mass is 16.6. The summed E-state index contributed by atoms with van der Waals surface area (Å²) in [7, 11) is 0. The number of hydrogen-bond acceptors (Lipinski definition) is 4. The maximum atomic E-state index is 11.3. The highest BCUT2D eigenvalue weighted by Crippen LogP contribution is 2.29. The zero-order chi connectivity index (χ0) is 20.3. The number of benzene rings is 3. The fraction of sp³-hybridized carbons (Fsp3) is 0.174. The Kier molecular flexibility index (Phi) is 5.54. The number of nitro groups is 1. The summed E-state index contributed by atoms with van der Waals surface area (Å²) in [6.07, 6.45) is 1.69. The second kappa shape index (κ2) is 8.05. The minimum atomic E-state index is -0.390. The van der Waals surface area contributed by atoms with E-state index in [-0.39, 0.29) is 10.6 Å². The number of nitrogens with zero attached hydrogens (tertiary/aromatic N) is 2. The van der Waals surface area contributed by atoms with Crippen LogP contribution in [0.2, 0.25) is 0 Å². The Morgan fingerprint density at radius 1 is 0.893 bits per heavy atom. The van der Waals surface area contributed by atoms with E-state index in [2.05, 4.69) is 10.3 Å². The molecule has 3 aromatic carbocycles. The lowest BCUT2D eigenvalue weighted by atomic mass is 10.1. The van der Waals surface area contributed by atoms with Crippen LogP contribution in [0.5, 0.6) is 0 Å². The largest absolute Gasteiger partial charge is 0.355 e. The number of rotatable bonds is 5. The molecular weight excluding hydrogens is 350 g/mol. The lowest BCUT2D eigenvalue weighted by Crippen LogP contribution is -2.00. The van der Waals surface area contributed by atoms with E-state index in [0.29, 0.717) is 5.56 Å². The van der Waals surface area contributed by atoms with Crippen molar-refractivity contribution in [2.24, 2.45) is 4.99 Å². The summed E-state index contributed by atoms with van der Waals surface area (Å²) >= 11 is 0. The van der Waals surface area contributed by atoms with Crippen molar-refractivity contribution in [3.63, 3.8) is 0 Å². The molecule has 0 aliphatic heterocycles. The van der Waals surface area contributed by atoms with Crippen LogP contribution in [0, 0.1) is 37.8 Å². The number of aliphatic imine (C=N–C) groups is 1. The molecular formula is C23H23N3O2. The van der Waals surface area contributed by atoms with E-state index in [0.717, 1.165) is 39.3 Å². The Hall–Kier alpha value is -3.47. The van der Waals surface area contributed by atoms with Gasteiger partial charge in [-0.3, -0.25) is 15.1 Å². The number of aryl methyl sites for hydroxylation is 4. The summed E-state index contributed by atoms with van der Waals surface area (Å²) in [5.74, 6) is 0. The fourth-order valence-corrected chi connectivity index (χ4v) is 3.17. The first-order chi connectivity index (χ1) is 13.4. The van der Waals surface area contributed by atoms with Gasteiger partial charge in [-0.05, 0) is 56.0 Å². The van der Waals surface area contributed by atoms with Crippen molar-refractivity contribution in [3.05, 3.63) is 92.5 Å². The lowest BCUT2D eigenvalue weighted by molar-refractivity contribution is -0.384. The monoisotopic (exact) mass is 373 g/mol. The summed E-state index contributed by atoms with van der Waals surface area (Å²) < 4.78 is 0. The molecule has 0 aliphatic rings. The van der Waals surface area contributed by atoms with Crippen molar-refractivity contribution < 1.29 is 4.92 Å². The average Bonchev–Trinajstić information content (AvgIpc) is 2.65.